The number of ether oxygens (including phenoxy) is 1. The molecule has 0 saturated heterocycles. The summed E-state index contributed by atoms with van der Waals surface area (Å²) in [4.78, 5) is 0. The van der Waals surface area contributed by atoms with Gasteiger partial charge in [0, 0.05) is 11.6 Å². The van der Waals surface area contributed by atoms with Crippen LogP contribution in [0.15, 0.2) is 24.3 Å². The summed E-state index contributed by atoms with van der Waals surface area (Å²) in [5, 5.41) is 3.97. The molecule has 18 heavy (non-hydrogen) atoms. The number of likely N-dealkylation sites (N-methyl/N-ethyl adjacent to an activating group) is 1. The summed E-state index contributed by atoms with van der Waals surface area (Å²) < 4.78 is 6.09. The fraction of sp³-hybridized carbons (Fsp3) is 0.600. The number of nitrogens with one attached hydrogen (secondary N) is 1. The fourth-order valence-corrected chi connectivity index (χ4v) is 2.69. The van der Waals surface area contributed by atoms with E-state index in [9.17, 15) is 0 Å². The summed E-state index contributed by atoms with van der Waals surface area (Å²) in [5.74, 6) is 0.761. The van der Waals surface area contributed by atoms with Crippen LogP contribution in [0.5, 0.6) is 0 Å². The van der Waals surface area contributed by atoms with Gasteiger partial charge in [-0.3, -0.25) is 0 Å². The van der Waals surface area contributed by atoms with Crippen molar-refractivity contribution in [1.29, 1.82) is 0 Å². The first-order chi connectivity index (χ1) is 8.79. The Morgan fingerprint density at radius 1 is 1.28 bits per heavy atom. The Morgan fingerprint density at radius 2 is 1.94 bits per heavy atom. The van der Waals surface area contributed by atoms with Crippen LogP contribution >= 0.6 is 11.6 Å². The Hall–Kier alpha value is -0.570. The van der Waals surface area contributed by atoms with Gasteiger partial charge in [0.1, 0.15) is 0 Å². The smallest absolute Gasteiger partial charge is 0.0949 e. The molecule has 0 radical (unpaired) electrons. The molecule has 1 aliphatic carbocycles. The van der Waals surface area contributed by atoms with Crippen molar-refractivity contribution in [3.05, 3.63) is 34.9 Å². The minimum atomic E-state index is 0.132. The van der Waals surface area contributed by atoms with Crippen LogP contribution in [0.2, 0.25) is 5.02 Å². The minimum Gasteiger partial charge on any atom is -0.372 e. The maximum absolute atomic E-state index is 6.09. The third-order valence-electron chi connectivity index (χ3n) is 3.64. The predicted octanol–water partition coefficient (Wildman–Crippen LogP) is 3.81. The lowest BCUT2D eigenvalue weighted by Gasteiger charge is -2.20. The van der Waals surface area contributed by atoms with Gasteiger partial charge in [-0.15, -0.1) is 0 Å². The van der Waals surface area contributed by atoms with E-state index in [0.29, 0.717) is 0 Å². The SMILES string of the molecule is CNCC(OCC1CCCC1)c1ccc(Cl)cc1. The second-order valence-corrected chi connectivity index (χ2v) is 5.52. The van der Waals surface area contributed by atoms with Crippen molar-refractivity contribution in [2.45, 2.75) is 31.8 Å². The highest BCUT2D eigenvalue weighted by molar-refractivity contribution is 6.30. The first-order valence-electron chi connectivity index (χ1n) is 6.81. The van der Waals surface area contributed by atoms with Crippen molar-refractivity contribution < 1.29 is 4.74 Å². The van der Waals surface area contributed by atoms with E-state index in [0.717, 1.165) is 24.1 Å². The van der Waals surface area contributed by atoms with Crippen LogP contribution in [0.1, 0.15) is 37.4 Å². The second-order valence-electron chi connectivity index (χ2n) is 5.08. The topological polar surface area (TPSA) is 21.3 Å². The van der Waals surface area contributed by atoms with Crippen molar-refractivity contribution in [2.75, 3.05) is 20.2 Å². The van der Waals surface area contributed by atoms with Crippen molar-refractivity contribution in [1.82, 2.24) is 5.32 Å². The van der Waals surface area contributed by atoms with Gasteiger partial charge in [-0.05, 0) is 43.5 Å². The molecule has 1 aromatic rings. The molecule has 2 rings (SSSR count). The molecule has 0 heterocycles. The molecule has 0 bridgehead atoms. The Balaban J connectivity index is 1.91. The van der Waals surface area contributed by atoms with Gasteiger partial charge in [0.2, 0.25) is 0 Å². The van der Waals surface area contributed by atoms with Gasteiger partial charge >= 0.3 is 0 Å². The van der Waals surface area contributed by atoms with E-state index in [2.05, 4.69) is 17.4 Å². The van der Waals surface area contributed by atoms with E-state index in [1.807, 2.05) is 19.2 Å². The lowest BCUT2D eigenvalue weighted by atomic mass is 10.1. The van der Waals surface area contributed by atoms with Crippen molar-refractivity contribution in [2.24, 2.45) is 5.92 Å². The first-order valence-corrected chi connectivity index (χ1v) is 7.19. The zero-order chi connectivity index (χ0) is 12.8. The maximum Gasteiger partial charge on any atom is 0.0949 e. The van der Waals surface area contributed by atoms with E-state index >= 15 is 0 Å². The first kappa shape index (κ1) is 13.9. The molecule has 1 aromatic carbocycles. The van der Waals surface area contributed by atoms with Crippen LogP contribution in [0.4, 0.5) is 0 Å². The summed E-state index contributed by atoms with van der Waals surface area (Å²) >= 11 is 5.92. The van der Waals surface area contributed by atoms with Gasteiger partial charge < -0.3 is 10.1 Å². The Labute approximate surface area is 115 Å². The molecule has 1 aliphatic rings. The highest BCUT2D eigenvalue weighted by Gasteiger charge is 2.18. The summed E-state index contributed by atoms with van der Waals surface area (Å²) in [7, 11) is 1.96. The molecule has 1 unspecified atom stereocenters. The average Bonchev–Trinajstić information content (AvgIpc) is 2.89. The van der Waals surface area contributed by atoms with Gasteiger partial charge in [-0.1, -0.05) is 36.6 Å². The fourth-order valence-electron chi connectivity index (χ4n) is 2.57. The summed E-state index contributed by atoms with van der Waals surface area (Å²) in [6.45, 7) is 1.73. The van der Waals surface area contributed by atoms with Gasteiger partial charge in [0.25, 0.3) is 0 Å². The van der Waals surface area contributed by atoms with Crippen LogP contribution in [-0.4, -0.2) is 20.2 Å². The predicted molar refractivity (Wildman–Crippen MR) is 76.0 cm³/mol. The van der Waals surface area contributed by atoms with Crippen molar-refractivity contribution in [3.63, 3.8) is 0 Å². The molecule has 1 saturated carbocycles. The molecule has 0 aromatic heterocycles. The second kappa shape index (κ2) is 7.13. The molecule has 100 valence electrons. The standard InChI is InChI=1S/C15H22ClNO/c1-17-10-15(13-6-8-14(16)9-7-13)18-11-12-4-2-3-5-12/h6-9,12,15,17H,2-5,10-11H2,1H3. The number of hydrogen-bond donors (Lipinski definition) is 1. The van der Waals surface area contributed by atoms with Gasteiger partial charge in [-0.2, -0.15) is 0 Å². The highest BCUT2D eigenvalue weighted by Crippen LogP contribution is 2.27. The van der Waals surface area contributed by atoms with Crippen molar-refractivity contribution >= 4 is 11.6 Å². The third kappa shape index (κ3) is 3.98. The molecule has 0 aliphatic heterocycles. The number of hydrogen-bond acceptors (Lipinski definition) is 2. The van der Waals surface area contributed by atoms with Crippen LogP contribution < -0.4 is 5.32 Å². The average molecular weight is 268 g/mol. The Kier molecular flexibility index (Phi) is 5.48. The summed E-state index contributed by atoms with van der Waals surface area (Å²) in [6, 6.07) is 7.97. The summed E-state index contributed by atoms with van der Waals surface area (Å²) in [6.07, 6.45) is 5.52. The van der Waals surface area contributed by atoms with E-state index in [-0.39, 0.29) is 6.10 Å². The maximum atomic E-state index is 6.09. The lowest BCUT2D eigenvalue weighted by Crippen LogP contribution is -2.21. The zero-order valence-electron chi connectivity index (χ0n) is 11.0. The zero-order valence-corrected chi connectivity index (χ0v) is 11.7. The molecular formula is C15H22ClNO. The van der Waals surface area contributed by atoms with E-state index in [1.165, 1.54) is 31.2 Å². The van der Waals surface area contributed by atoms with E-state index < -0.39 is 0 Å². The highest BCUT2D eigenvalue weighted by atomic mass is 35.5. The molecule has 0 amide bonds. The molecule has 1 atom stereocenters. The summed E-state index contributed by atoms with van der Waals surface area (Å²) in [5.41, 5.74) is 1.20. The minimum absolute atomic E-state index is 0.132. The Morgan fingerprint density at radius 3 is 2.56 bits per heavy atom. The Bertz CT molecular complexity index is 346. The lowest BCUT2D eigenvalue weighted by molar-refractivity contribution is 0.0306. The molecule has 1 N–H and O–H groups in total. The number of halogens is 1. The van der Waals surface area contributed by atoms with Crippen LogP contribution in [0, 0.1) is 5.92 Å². The monoisotopic (exact) mass is 267 g/mol. The van der Waals surface area contributed by atoms with Gasteiger partial charge in [0.15, 0.2) is 0 Å². The molecule has 0 spiro atoms. The van der Waals surface area contributed by atoms with Gasteiger partial charge in [-0.25, -0.2) is 0 Å². The molecule has 3 heteroatoms. The van der Waals surface area contributed by atoms with Crippen molar-refractivity contribution in [3.8, 4) is 0 Å². The normalized spacial score (nSPS) is 18.1. The molecule has 1 fully saturated rings. The van der Waals surface area contributed by atoms with Crippen LogP contribution in [0.25, 0.3) is 0 Å². The number of benzene rings is 1. The molecule has 2 nitrogen and oxygen atoms in total. The number of rotatable bonds is 6. The van der Waals surface area contributed by atoms with Crippen LogP contribution in [0.3, 0.4) is 0 Å². The largest absolute Gasteiger partial charge is 0.372 e. The van der Waals surface area contributed by atoms with E-state index in [4.69, 9.17) is 16.3 Å². The molecular weight excluding hydrogens is 246 g/mol. The quantitative estimate of drug-likeness (QED) is 0.846. The van der Waals surface area contributed by atoms with E-state index in [1.54, 1.807) is 0 Å². The third-order valence-corrected chi connectivity index (χ3v) is 3.89. The van der Waals surface area contributed by atoms with Crippen LogP contribution in [-0.2, 0) is 4.74 Å². The van der Waals surface area contributed by atoms with Gasteiger partial charge in [0.05, 0.1) is 12.7 Å².